The molecule has 0 aromatic carbocycles. The van der Waals surface area contributed by atoms with Crippen LogP contribution < -0.4 is 21.7 Å². The van der Waals surface area contributed by atoms with Gasteiger partial charge in [-0.05, 0) is 31.7 Å². The van der Waals surface area contributed by atoms with E-state index < -0.39 is 24.1 Å². The van der Waals surface area contributed by atoms with E-state index in [1.54, 1.807) is 13.8 Å². The van der Waals surface area contributed by atoms with E-state index >= 15 is 0 Å². The lowest BCUT2D eigenvalue weighted by atomic mass is 9.74. The van der Waals surface area contributed by atoms with Crippen molar-refractivity contribution >= 4 is 17.6 Å². The molecule has 1 heterocycles. The van der Waals surface area contributed by atoms with Crippen LogP contribution in [0.1, 0.15) is 59.3 Å². The highest BCUT2D eigenvalue weighted by Gasteiger charge is 2.35. The Hall–Kier alpha value is -1.51. The Morgan fingerprint density at radius 3 is 2.27 bits per heavy atom. The van der Waals surface area contributed by atoms with Gasteiger partial charge in [-0.2, -0.15) is 0 Å². The maximum absolute atomic E-state index is 12.9. The Morgan fingerprint density at radius 2 is 1.70 bits per heavy atom. The standard InChI is InChI=1S/C22H40N4O4/c1-13(2)20(28)18(10-23)25-22(30)19(14(3)27)26-21(29)17-9-16(11-24-12-17)15-7-5-4-6-8-15/h13-19,24,27H,4-12,23H2,1-3H3,(H,25,30)(H,26,29)/t14-,16?,17?,18-,19-/m0/s1. The number of carbonyl (C=O) groups is 3. The lowest BCUT2D eigenvalue weighted by Gasteiger charge is -2.37. The first-order valence-corrected chi connectivity index (χ1v) is 11.5. The number of amides is 2. The van der Waals surface area contributed by atoms with Crippen LogP contribution in [0.15, 0.2) is 0 Å². The summed E-state index contributed by atoms with van der Waals surface area (Å²) in [7, 11) is 0. The van der Waals surface area contributed by atoms with E-state index in [1.807, 2.05) is 0 Å². The Kier molecular flexibility index (Phi) is 9.71. The quantitative estimate of drug-likeness (QED) is 0.362. The van der Waals surface area contributed by atoms with Crippen LogP contribution in [0, 0.1) is 23.7 Å². The number of aliphatic hydroxyl groups is 1. The van der Waals surface area contributed by atoms with Gasteiger partial charge in [0.25, 0.3) is 0 Å². The van der Waals surface area contributed by atoms with Gasteiger partial charge in [0.2, 0.25) is 11.8 Å². The second kappa shape index (κ2) is 11.8. The van der Waals surface area contributed by atoms with Crippen LogP contribution in [-0.4, -0.2) is 60.5 Å². The highest BCUT2D eigenvalue weighted by Crippen LogP contribution is 2.34. The van der Waals surface area contributed by atoms with Crippen LogP contribution in [-0.2, 0) is 14.4 Å². The van der Waals surface area contributed by atoms with E-state index in [4.69, 9.17) is 5.73 Å². The summed E-state index contributed by atoms with van der Waals surface area (Å²) in [5.41, 5.74) is 5.65. The maximum Gasteiger partial charge on any atom is 0.245 e. The van der Waals surface area contributed by atoms with Gasteiger partial charge in [0.1, 0.15) is 6.04 Å². The van der Waals surface area contributed by atoms with Crippen LogP contribution >= 0.6 is 0 Å². The minimum Gasteiger partial charge on any atom is -0.391 e. The van der Waals surface area contributed by atoms with E-state index in [2.05, 4.69) is 16.0 Å². The molecule has 0 spiro atoms. The van der Waals surface area contributed by atoms with Gasteiger partial charge < -0.3 is 26.8 Å². The second-order valence-electron chi connectivity index (χ2n) is 9.33. The van der Waals surface area contributed by atoms with E-state index in [1.165, 1.54) is 39.0 Å². The van der Waals surface area contributed by atoms with Gasteiger partial charge in [0, 0.05) is 19.0 Å². The fraction of sp³-hybridized carbons (Fsp3) is 0.864. The van der Waals surface area contributed by atoms with Crippen LogP contribution in [0.5, 0.6) is 0 Å². The fourth-order valence-electron chi connectivity index (χ4n) is 4.73. The van der Waals surface area contributed by atoms with Crippen molar-refractivity contribution < 1.29 is 19.5 Å². The van der Waals surface area contributed by atoms with Crippen LogP contribution in [0.4, 0.5) is 0 Å². The monoisotopic (exact) mass is 424 g/mol. The highest BCUT2D eigenvalue weighted by atomic mass is 16.3. The molecule has 0 aromatic rings. The molecule has 2 fully saturated rings. The number of Topliss-reactive ketones (excluding diaryl/α,β-unsaturated/α-hetero) is 1. The topological polar surface area (TPSA) is 134 Å². The molecule has 1 saturated heterocycles. The van der Waals surface area contributed by atoms with Gasteiger partial charge in [-0.25, -0.2) is 0 Å². The van der Waals surface area contributed by atoms with Gasteiger partial charge in [-0.1, -0.05) is 46.0 Å². The van der Waals surface area contributed by atoms with Crippen molar-refractivity contribution in [3.63, 3.8) is 0 Å². The number of rotatable bonds is 9. The maximum atomic E-state index is 12.9. The van der Waals surface area contributed by atoms with Crippen molar-refractivity contribution in [3.05, 3.63) is 0 Å². The smallest absolute Gasteiger partial charge is 0.245 e. The molecule has 5 atom stereocenters. The number of hydrogen-bond donors (Lipinski definition) is 5. The van der Waals surface area contributed by atoms with Gasteiger partial charge in [0.15, 0.2) is 5.78 Å². The van der Waals surface area contributed by atoms with Gasteiger partial charge in [0.05, 0.1) is 18.1 Å². The molecule has 2 rings (SSSR count). The first-order valence-electron chi connectivity index (χ1n) is 11.5. The van der Waals surface area contributed by atoms with E-state index in [0.29, 0.717) is 18.4 Å². The highest BCUT2D eigenvalue weighted by molar-refractivity contribution is 5.94. The third-order valence-corrected chi connectivity index (χ3v) is 6.60. The lowest BCUT2D eigenvalue weighted by molar-refractivity contribution is -0.136. The third-order valence-electron chi connectivity index (χ3n) is 6.60. The average molecular weight is 425 g/mol. The Morgan fingerprint density at radius 1 is 1.03 bits per heavy atom. The van der Waals surface area contributed by atoms with E-state index in [9.17, 15) is 19.5 Å². The minimum atomic E-state index is -1.12. The molecule has 1 saturated carbocycles. The molecular formula is C22H40N4O4. The molecule has 8 heteroatoms. The van der Waals surface area contributed by atoms with Crippen molar-refractivity contribution in [2.24, 2.45) is 29.4 Å². The molecule has 6 N–H and O–H groups in total. The number of nitrogens with two attached hydrogens (primary N) is 1. The van der Waals surface area contributed by atoms with Crippen molar-refractivity contribution in [1.82, 2.24) is 16.0 Å². The summed E-state index contributed by atoms with van der Waals surface area (Å²) in [4.78, 5) is 37.8. The first-order chi connectivity index (χ1) is 14.2. The fourth-order valence-corrected chi connectivity index (χ4v) is 4.73. The van der Waals surface area contributed by atoms with Crippen LogP contribution in [0.25, 0.3) is 0 Å². The van der Waals surface area contributed by atoms with Crippen LogP contribution in [0.3, 0.4) is 0 Å². The number of piperidine rings is 1. The summed E-state index contributed by atoms with van der Waals surface area (Å²) in [5, 5.41) is 18.8. The third kappa shape index (κ3) is 6.75. The summed E-state index contributed by atoms with van der Waals surface area (Å²) in [5.74, 6) is -0.373. The van der Waals surface area contributed by atoms with E-state index in [0.717, 1.165) is 13.0 Å². The second-order valence-corrected chi connectivity index (χ2v) is 9.33. The zero-order valence-corrected chi connectivity index (χ0v) is 18.7. The molecule has 2 amide bonds. The van der Waals surface area contributed by atoms with Gasteiger partial charge in [-0.15, -0.1) is 0 Å². The molecule has 2 unspecified atom stereocenters. The van der Waals surface area contributed by atoms with E-state index in [-0.39, 0.29) is 30.1 Å². The number of carbonyl (C=O) groups excluding carboxylic acids is 3. The Bertz CT molecular complexity index is 590. The molecule has 0 aromatic heterocycles. The Labute approximate surface area is 180 Å². The molecule has 0 bridgehead atoms. The summed E-state index contributed by atoms with van der Waals surface area (Å²) >= 11 is 0. The normalized spacial score (nSPS) is 25.9. The molecule has 0 radical (unpaired) electrons. The van der Waals surface area contributed by atoms with Gasteiger partial charge >= 0.3 is 0 Å². The SMILES string of the molecule is CC(C)C(=O)[C@H](CN)NC(=O)[C@@H](NC(=O)C1CNCC(C2CCCCC2)C1)[C@H](C)O. The molecule has 172 valence electrons. The molecule has 1 aliphatic heterocycles. The van der Waals surface area contributed by atoms with Crippen molar-refractivity contribution in [3.8, 4) is 0 Å². The number of nitrogens with one attached hydrogen (secondary N) is 3. The zero-order valence-electron chi connectivity index (χ0n) is 18.7. The first kappa shape index (κ1) is 24.8. The summed E-state index contributed by atoms with van der Waals surface area (Å²) in [6, 6.07) is -1.95. The predicted octanol–water partition coefficient (Wildman–Crippen LogP) is 0.327. The zero-order chi connectivity index (χ0) is 22.3. The molecule has 2 aliphatic rings. The number of aliphatic hydroxyl groups excluding tert-OH is 1. The molecule has 1 aliphatic carbocycles. The summed E-state index contributed by atoms with van der Waals surface area (Å²) in [6.45, 7) is 6.41. The number of hydrogen-bond acceptors (Lipinski definition) is 6. The van der Waals surface area contributed by atoms with Crippen LogP contribution in [0.2, 0.25) is 0 Å². The largest absolute Gasteiger partial charge is 0.391 e. The van der Waals surface area contributed by atoms with Crippen molar-refractivity contribution in [2.45, 2.75) is 77.5 Å². The summed E-state index contributed by atoms with van der Waals surface area (Å²) in [6.07, 6.45) is 5.99. The predicted molar refractivity (Wildman–Crippen MR) is 115 cm³/mol. The molecule has 8 nitrogen and oxygen atoms in total. The summed E-state index contributed by atoms with van der Waals surface area (Å²) < 4.78 is 0. The lowest BCUT2D eigenvalue weighted by Crippen LogP contribution is -2.59. The average Bonchev–Trinajstić information content (AvgIpc) is 2.75. The van der Waals surface area contributed by atoms with Crippen molar-refractivity contribution in [2.75, 3.05) is 19.6 Å². The molecular weight excluding hydrogens is 384 g/mol. The molecule has 30 heavy (non-hydrogen) atoms. The minimum absolute atomic E-state index is 0.0289. The van der Waals surface area contributed by atoms with Crippen molar-refractivity contribution in [1.29, 1.82) is 0 Å². The Balaban J connectivity index is 1.96. The number of ketones is 1. The van der Waals surface area contributed by atoms with Gasteiger partial charge in [-0.3, -0.25) is 14.4 Å².